The quantitative estimate of drug-likeness (QED) is 0.693. The molecule has 2 nitrogen and oxygen atoms in total. The summed E-state index contributed by atoms with van der Waals surface area (Å²) in [6.07, 6.45) is -4.38. The average molecular weight is 321 g/mol. The lowest BCUT2D eigenvalue weighted by Crippen LogP contribution is -2.10. The maximum absolute atomic E-state index is 12.5. The molecule has 0 unspecified atom stereocenters. The summed E-state index contributed by atoms with van der Waals surface area (Å²) in [7, 11) is 0. The first-order valence-corrected chi connectivity index (χ1v) is 7.22. The molecule has 0 fully saturated rings. The minimum Gasteiger partial charge on any atom is -0.321 e. The molecule has 0 aliphatic carbocycles. The predicted molar refractivity (Wildman–Crippen MR) is 81.2 cm³/mol. The summed E-state index contributed by atoms with van der Waals surface area (Å²) >= 11 is 1.34. The molecule has 1 heterocycles. The lowest BCUT2D eigenvalue weighted by molar-refractivity contribution is -0.137. The Morgan fingerprint density at radius 2 is 1.68 bits per heavy atom. The Morgan fingerprint density at radius 1 is 1.00 bits per heavy atom. The van der Waals surface area contributed by atoms with Crippen molar-refractivity contribution in [3.05, 3.63) is 65.0 Å². The van der Waals surface area contributed by atoms with E-state index in [0.29, 0.717) is 10.6 Å². The standard InChI is InChI=1S/C16H10F3NOS/c17-16(18,19)11-5-7-12(8-6-11)20-15(21)14-9-10-3-1-2-4-13(10)22-14/h1-9H,(H,20,21). The number of nitrogens with one attached hydrogen (secondary N) is 1. The van der Waals surface area contributed by atoms with E-state index in [9.17, 15) is 18.0 Å². The molecule has 0 radical (unpaired) electrons. The summed E-state index contributed by atoms with van der Waals surface area (Å²) in [4.78, 5) is 12.7. The smallest absolute Gasteiger partial charge is 0.321 e. The summed E-state index contributed by atoms with van der Waals surface area (Å²) in [6.45, 7) is 0. The highest BCUT2D eigenvalue weighted by atomic mass is 32.1. The fourth-order valence-electron chi connectivity index (χ4n) is 2.03. The van der Waals surface area contributed by atoms with E-state index in [1.54, 1.807) is 6.07 Å². The van der Waals surface area contributed by atoms with E-state index in [0.717, 1.165) is 22.2 Å². The van der Waals surface area contributed by atoms with Crippen LogP contribution in [-0.2, 0) is 6.18 Å². The maximum Gasteiger partial charge on any atom is 0.416 e. The molecule has 3 aromatic rings. The van der Waals surface area contributed by atoms with Crippen LogP contribution in [0.1, 0.15) is 15.2 Å². The molecular weight excluding hydrogens is 311 g/mol. The first-order chi connectivity index (χ1) is 10.4. The third-order valence-electron chi connectivity index (χ3n) is 3.12. The molecule has 0 bridgehead atoms. The van der Waals surface area contributed by atoms with E-state index in [1.807, 2.05) is 24.3 Å². The van der Waals surface area contributed by atoms with Gasteiger partial charge in [-0.2, -0.15) is 13.2 Å². The second-order valence-electron chi connectivity index (χ2n) is 4.68. The zero-order valence-electron chi connectivity index (χ0n) is 11.1. The summed E-state index contributed by atoms with van der Waals surface area (Å²) in [5, 5.41) is 3.56. The first-order valence-electron chi connectivity index (χ1n) is 6.41. The highest BCUT2D eigenvalue weighted by Gasteiger charge is 2.30. The van der Waals surface area contributed by atoms with Crippen molar-refractivity contribution in [2.45, 2.75) is 6.18 Å². The van der Waals surface area contributed by atoms with E-state index < -0.39 is 11.7 Å². The number of fused-ring (bicyclic) bond motifs is 1. The van der Waals surface area contributed by atoms with Crippen LogP contribution in [0, 0.1) is 0 Å². The molecular formula is C16H10F3NOS. The number of rotatable bonds is 2. The van der Waals surface area contributed by atoms with Crippen LogP contribution in [0.3, 0.4) is 0 Å². The van der Waals surface area contributed by atoms with E-state index >= 15 is 0 Å². The number of anilines is 1. The Balaban J connectivity index is 1.79. The van der Waals surface area contributed by atoms with Gasteiger partial charge in [-0.3, -0.25) is 4.79 Å². The van der Waals surface area contributed by atoms with Crippen molar-refractivity contribution in [1.29, 1.82) is 0 Å². The Labute approximate surface area is 128 Å². The zero-order valence-corrected chi connectivity index (χ0v) is 12.0. The summed E-state index contributed by atoms with van der Waals surface area (Å²) in [6, 6.07) is 13.7. The number of halogens is 3. The highest BCUT2D eigenvalue weighted by Crippen LogP contribution is 2.30. The number of alkyl halides is 3. The van der Waals surface area contributed by atoms with E-state index in [1.165, 1.54) is 23.5 Å². The monoisotopic (exact) mass is 321 g/mol. The van der Waals surface area contributed by atoms with Crippen molar-refractivity contribution in [3.8, 4) is 0 Å². The van der Waals surface area contributed by atoms with Gasteiger partial charge in [-0.25, -0.2) is 0 Å². The van der Waals surface area contributed by atoms with Crippen molar-refractivity contribution < 1.29 is 18.0 Å². The molecule has 2 aromatic carbocycles. The molecule has 0 atom stereocenters. The summed E-state index contributed by atoms with van der Waals surface area (Å²) < 4.78 is 38.4. The molecule has 1 aromatic heterocycles. The van der Waals surface area contributed by atoms with Crippen molar-refractivity contribution in [3.63, 3.8) is 0 Å². The van der Waals surface area contributed by atoms with Gasteiger partial charge in [-0.05, 0) is 41.8 Å². The average Bonchev–Trinajstić information content (AvgIpc) is 2.91. The largest absolute Gasteiger partial charge is 0.416 e. The number of carbonyl (C=O) groups is 1. The molecule has 0 saturated heterocycles. The van der Waals surface area contributed by atoms with Gasteiger partial charge in [0.25, 0.3) is 5.91 Å². The summed E-state index contributed by atoms with van der Waals surface area (Å²) in [5.41, 5.74) is -0.414. The fraction of sp³-hybridized carbons (Fsp3) is 0.0625. The molecule has 1 amide bonds. The van der Waals surface area contributed by atoms with Crippen molar-refractivity contribution >= 4 is 33.0 Å². The molecule has 22 heavy (non-hydrogen) atoms. The zero-order chi connectivity index (χ0) is 15.7. The fourth-order valence-corrected chi connectivity index (χ4v) is 2.99. The molecule has 1 N–H and O–H groups in total. The van der Waals surface area contributed by atoms with Crippen molar-refractivity contribution in [2.24, 2.45) is 0 Å². The van der Waals surface area contributed by atoms with Crippen LogP contribution >= 0.6 is 11.3 Å². The van der Waals surface area contributed by atoms with Gasteiger partial charge in [-0.15, -0.1) is 11.3 Å². The topological polar surface area (TPSA) is 29.1 Å². The number of benzene rings is 2. The minimum atomic E-state index is -4.38. The SMILES string of the molecule is O=C(Nc1ccc(C(F)(F)F)cc1)c1cc2ccccc2s1. The van der Waals surface area contributed by atoms with Gasteiger partial charge < -0.3 is 5.32 Å². The Kier molecular flexibility index (Phi) is 3.62. The normalized spacial score (nSPS) is 11.6. The lowest BCUT2D eigenvalue weighted by Gasteiger charge is -2.08. The van der Waals surface area contributed by atoms with Gasteiger partial charge in [0.1, 0.15) is 0 Å². The Morgan fingerprint density at radius 3 is 2.32 bits per heavy atom. The lowest BCUT2D eigenvalue weighted by atomic mass is 10.2. The molecule has 0 spiro atoms. The summed E-state index contributed by atoms with van der Waals surface area (Å²) in [5.74, 6) is -0.332. The molecule has 0 aliphatic rings. The Hall–Kier alpha value is -2.34. The van der Waals surface area contributed by atoms with E-state index in [4.69, 9.17) is 0 Å². The molecule has 112 valence electrons. The van der Waals surface area contributed by atoms with Crippen LogP contribution in [-0.4, -0.2) is 5.91 Å². The second-order valence-corrected chi connectivity index (χ2v) is 5.76. The van der Waals surface area contributed by atoms with Crippen LogP contribution in [0.15, 0.2) is 54.6 Å². The Bertz CT molecular complexity index is 788. The van der Waals surface area contributed by atoms with E-state index in [-0.39, 0.29) is 5.91 Å². The van der Waals surface area contributed by atoms with Gasteiger partial charge in [-0.1, -0.05) is 18.2 Å². The third-order valence-corrected chi connectivity index (χ3v) is 4.23. The van der Waals surface area contributed by atoms with Crippen LogP contribution in [0.4, 0.5) is 18.9 Å². The molecule has 0 aliphatic heterocycles. The van der Waals surface area contributed by atoms with Crippen molar-refractivity contribution in [2.75, 3.05) is 5.32 Å². The molecule has 6 heteroatoms. The van der Waals surface area contributed by atoms with Crippen LogP contribution in [0.25, 0.3) is 10.1 Å². The van der Waals surface area contributed by atoms with Crippen LogP contribution < -0.4 is 5.32 Å². The molecule has 3 rings (SSSR count). The van der Waals surface area contributed by atoms with Gasteiger partial charge in [0.15, 0.2) is 0 Å². The van der Waals surface area contributed by atoms with Gasteiger partial charge in [0.05, 0.1) is 10.4 Å². The van der Waals surface area contributed by atoms with Gasteiger partial charge >= 0.3 is 6.18 Å². The third kappa shape index (κ3) is 2.96. The van der Waals surface area contributed by atoms with Gasteiger partial charge in [0.2, 0.25) is 0 Å². The number of hydrogen-bond acceptors (Lipinski definition) is 2. The number of thiophene rings is 1. The highest BCUT2D eigenvalue weighted by molar-refractivity contribution is 7.20. The second kappa shape index (κ2) is 5.46. The van der Waals surface area contributed by atoms with Crippen LogP contribution in [0.2, 0.25) is 0 Å². The van der Waals surface area contributed by atoms with Crippen molar-refractivity contribution in [1.82, 2.24) is 0 Å². The van der Waals surface area contributed by atoms with Gasteiger partial charge in [0, 0.05) is 10.4 Å². The van der Waals surface area contributed by atoms with E-state index in [2.05, 4.69) is 5.32 Å². The minimum absolute atomic E-state index is 0.329. The number of amides is 1. The first kappa shape index (κ1) is 14.6. The predicted octanol–water partition coefficient (Wildman–Crippen LogP) is 5.17. The molecule has 0 saturated carbocycles. The van der Waals surface area contributed by atoms with Crippen LogP contribution in [0.5, 0.6) is 0 Å². The number of hydrogen-bond donors (Lipinski definition) is 1. The maximum atomic E-state index is 12.5. The number of carbonyl (C=O) groups excluding carboxylic acids is 1.